The molecule has 1 N–H and O–H groups in total. The number of rotatable bonds is 1. The van der Waals surface area contributed by atoms with Gasteiger partial charge in [-0.3, -0.25) is 0 Å². The molecule has 3 heterocycles. The molecule has 0 saturated carbocycles. The Balaban J connectivity index is 2.10. The van der Waals surface area contributed by atoms with Crippen LogP contribution in [-0.2, 0) is 7.05 Å². The average molecular weight is 244 g/mol. The first kappa shape index (κ1) is 11.7. The van der Waals surface area contributed by atoms with Crippen LogP contribution in [-0.4, -0.2) is 27.6 Å². The lowest BCUT2D eigenvalue weighted by atomic mass is 9.95. The minimum absolute atomic E-state index is 0.646. The van der Waals surface area contributed by atoms with E-state index in [0.29, 0.717) is 5.92 Å². The molecular weight excluding hydrogens is 224 g/mol. The summed E-state index contributed by atoms with van der Waals surface area (Å²) in [6.45, 7) is 6.29. The molecule has 4 heteroatoms. The Kier molecular flexibility index (Phi) is 2.82. The van der Waals surface area contributed by atoms with Crippen LogP contribution < -0.4 is 5.32 Å². The van der Waals surface area contributed by atoms with Crippen LogP contribution in [0.3, 0.4) is 0 Å². The fraction of sp³-hybridized carbons (Fsp3) is 0.571. The first-order chi connectivity index (χ1) is 8.66. The lowest BCUT2D eigenvalue weighted by Gasteiger charge is -2.23. The van der Waals surface area contributed by atoms with Gasteiger partial charge < -0.3 is 9.88 Å². The van der Waals surface area contributed by atoms with Gasteiger partial charge in [0.25, 0.3) is 0 Å². The molecule has 1 aliphatic rings. The van der Waals surface area contributed by atoms with Crippen molar-refractivity contribution in [3.8, 4) is 0 Å². The molecule has 4 nitrogen and oxygen atoms in total. The highest BCUT2D eigenvalue weighted by atomic mass is 15.1. The fourth-order valence-electron chi connectivity index (χ4n) is 2.82. The predicted molar refractivity (Wildman–Crippen MR) is 72.8 cm³/mol. The molecule has 0 aromatic carbocycles. The van der Waals surface area contributed by atoms with Gasteiger partial charge >= 0.3 is 0 Å². The van der Waals surface area contributed by atoms with Gasteiger partial charge in [0, 0.05) is 18.7 Å². The summed E-state index contributed by atoms with van der Waals surface area (Å²) in [5.74, 6) is 0.646. The molecule has 2 aromatic heterocycles. The van der Waals surface area contributed by atoms with E-state index in [1.165, 1.54) is 18.5 Å². The maximum atomic E-state index is 4.68. The van der Waals surface area contributed by atoms with Gasteiger partial charge in [-0.1, -0.05) is 0 Å². The van der Waals surface area contributed by atoms with Crippen molar-refractivity contribution in [2.45, 2.75) is 32.6 Å². The monoisotopic (exact) mass is 244 g/mol. The molecule has 1 aliphatic heterocycles. The lowest BCUT2D eigenvalue weighted by molar-refractivity contribution is 0.446. The highest BCUT2D eigenvalue weighted by Gasteiger charge is 2.20. The van der Waals surface area contributed by atoms with E-state index >= 15 is 0 Å². The molecule has 18 heavy (non-hydrogen) atoms. The Bertz CT molecular complexity index is 579. The standard InChI is InChI=1S/C14H20N4/c1-9-10(2)17-14-12(16-9)8-13(18(14)3)11-4-6-15-7-5-11/h8,11,15H,4-7H2,1-3H3. The van der Waals surface area contributed by atoms with Crippen LogP contribution in [0.1, 0.15) is 35.8 Å². The van der Waals surface area contributed by atoms with Gasteiger partial charge in [-0.15, -0.1) is 0 Å². The van der Waals surface area contributed by atoms with Crippen molar-refractivity contribution in [1.29, 1.82) is 0 Å². The topological polar surface area (TPSA) is 42.7 Å². The Morgan fingerprint density at radius 3 is 2.56 bits per heavy atom. The highest BCUT2D eigenvalue weighted by molar-refractivity contribution is 5.73. The van der Waals surface area contributed by atoms with Crippen LogP contribution in [0.2, 0.25) is 0 Å². The third-order valence-corrected chi connectivity index (χ3v) is 4.06. The zero-order valence-corrected chi connectivity index (χ0v) is 11.3. The van der Waals surface area contributed by atoms with Crippen molar-refractivity contribution < 1.29 is 0 Å². The largest absolute Gasteiger partial charge is 0.331 e. The van der Waals surface area contributed by atoms with E-state index in [1.54, 1.807) is 0 Å². The smallest absolute Gasteiger partial charge is 0.158 e. The number of piperidine rings is 1. The van der Waals surface area contributed by atoms with Crippen LogP contribution in [0.25, 0.3) is 11.2 Å². The van der Waals surface area contributed by atoms with Gasteiger partial charge in [-0.05, 0) is 45.8 Å². The minimum Gasteiger partial charge on any atom is -0.331 e. The van der Waals surface area contributed by atoms with Gasteiger partial charge in [0.1, 0.15) is 5.52 Å². The highest BCUT2D eigenvalue weighted by Crippen LogP contribution is 2.29. The number of nitrogens with one attached hydrogen (secondary N) is 1. The summed E-state index contributed by atoms with van der Waals surface area (Å²) >= 11 is 0. The molecule has 2 aromatic rings. The van der Waals surface area contributed by atoms with E-state index < -0.39 is 0 Å². The summed E-state index contributed by atoms with van der Waals surface area (Å²) in [6.07, 6.45) is 2.42. The first-order valence-electron chi connectivity index (χ1n) is 6.68. The normalized spacial score (nSPS) is 17.5. The summed E-state index contributed by atoms with van der Waals surface area (Å²) in [7, 11) is 2.11. The summed E-state index contributed by atoms with van der Waals surface area (Å²) in [5.41, 5.74) is 5.50. The third kappa shape index (κ3) is 1.81. The molecule has 0 amide bonds. The SMILES string of the molecule is Cc1nc2cc(C3CCNCC3)n(C)c2nc1C. The average Bonchev–Trinajstić information content (AvgIpc) is 2.69. The Morgan fingerprint density at radius 1 is 1.17 bits per heavy atom. The Hall–Kier alpha value is -1.42. The van der Waals surface area contributed by atoms with Crippen LogP contribution in [0.15, 0.2) is 6.07 Å². The summed E-state index contributed by atoms with van der Waals surface area (Å²) in [6, 6.07) is 2.23. The predicted octanol–water partition coefficient (Wildman–Crippen LogP) is 2.05. The molecule has 0 unspecified atom stereocenters. The van der Waals surface area contributed by atoms with E-state index in [0.717, 1.165) is 35.6 Å². The minimum atomic E-state index is 0.646. The van der Waals surface area contributed by atoms with Gasteiger partial charge in [0.2, 0.25) is 0 Å². The number of fused-ring (bicyclic) bond motifs is 1. The summed E-state index contributed by atoms with van der Waals surface area (Å²) in [4.78, 5) is 9.33. The van der Waals surface area contributed by atoms with Crippen molar-refractivity contribution in [2.75, 3.05) is 13.1 Å². The molecule has 96 valence electrons. The second kappa shape index (κ2) is 4.35. The second-order valence-electron chi connectivity index (χ2n) is 5.26. The lowest BCUT2D eigenvalue weighted by Crippen LogP contribution is -2.27. The zero-order valence-electron chi connectivity index (χ0n) is 11.3. The maximum Gasteiger partial charge on any atom is 0.158 e. The maximum absolute atomic E-state index is 4.68. The summed E-state index contributed by atoms with van der Waals surface area (Å²) in [5, 5.41) is 3.42. The molecule has 0 spiro atoms. The zero-order chi connectivity index (χ0) is 12.7. The molecule has 1 saturated heterocycles. The Morgan fingerprint density at radius 2 is 1.83 bits per heavy atom. The van der Waals surface area contributed by atoms with Crippen LogP contribution >= 0.6 is 0 Å². The Labute approximate surface area is 107 Å². The van der Waals surface area contributed by atoms with Gasteiger partial charge in [-0.25, -0.2) is 9.97 Å². The molecule has 0 bridgehead atoms. The number of aryl methyl sites for hydroxylation is 3. The van der Waals surface area contributed by atoms with E-state index in [9.17, 15) is 0 Å². The molecular formula is C14H20N4. The molecule has 1 fully saturated rings. The molecule has 0 atom stereocenters. The summed E-state index contributed by atoms with van der Waals surface area (Å²) < 4.78 is 2.23. The van der Waals surface area contributed by atoms with E-state index in [1.807, 2.05) is 13.8 Å². The number of hydrogen-bond acceptors (Lipinski definition) is 3. The van der Waals surface area contributed by atoms with Gasteiger partial charge in [0.05, 0.1) is 11.4 Å². The van der Waals surface area contributed by atoms with E-state index in [-0.39, 0.29) is 0 Å². The van der Waals surface area contributed by atoms with Crippen molar-refractivity contribution in [1.82, 2.24) is 19.9 Å². The number of nitrogens with zero attached hydrogens (tertiary/aromatic N) is 3. The quantitative estimate of drug-likeness (QED) is 0.835. The van der Waals surface area contributed by atoms with Crippen LogP contribution in [0, 0.1) is 13.8 Å². The molecule has 3 rings (SSSR count). The van der Waals surface area contributed by atoms with E-state index in [2.05, 4.69) is 33.0 Å². The first-order valence-corrected chi connectivity index (χ1v) is 6.68. The number of aromatic nitrogens is 3. The van der Waals surface area contributed by atoms with Crippen molar-refractivity contribution in [3.63, 3.8) is 0 Å². The number of hydrogen-bond donors (Lipinski definition) is 1. The van der Waals surface area contributed by atoms with Crippen molar-refractivity contribution in [3.05, 3.63) is 23.1 Å². The fourth-order valence-corrected chi connectivity index (χ4v) is 2.82. The van der Waals surface area contributed by atoms with Crippen LogP contribution in [0.5, 0.6) is 0 Å². The third-order valence-electron chi connectivity index (χ3n) is 4.06. The second-order valence-corrected chi connectivity index (χ2v) is 5.26. The van der Waals surface area contributed by atoms with Gasteiger partial charge in [-0.2, -0.15) is 0 Å². The molecule has 0 radical (unpaired) electrons. The molecule has 0 aliphatic carbocycles. The van der Waals surface area contributed by atoms with Crippen molar-refractivity contribution in [2.24, 2.45) is 7.05 Å². The van der Waals surface area contributed by atoms with E-state index in [4.69, 9.17) is 0 Å². The van der Waals surface area contributed by atoms with Crippen molar-refractivity contribution >= 4 is 11.2 Å². The van der Waals surface area contributed by atoms with Crippen LogP contribution in [0.4, 0.5) is 0 Å². The van der Waals surface area contributed by atoms with Gasteiger partial charge in [0.15, 0.2) is 5.65 Å².